The molecule has 3 N–H and O–H groups in total. The molecule has 1 fully saturated rings. The smallest absolute Gasteiger partial charge is 0.401 e. The molecule has 1 saturated heterocycles. The standard InChI is InChI=1S/C11H18F3N3O4/c1-10(21,8(18)19)6-15-9(20)17-4-2-16(3-5-17)7-11(12,13)14/h21H,2-7H2,1H3,(H,15,20)(H,18,19). The van der Waals surface area contributed by atoms with Crippen molar-refractivity contribution in [2.24, 2.45) is 0 Å². The average Bonchev–Trinajstić information content (AvgIpc) is 2.35. The summed E-state index contributed by atoms with van der Waals surface area (Å²) in [6, 6.07) is -0.608. The molecule has 0 spiro atoms. The monoisotopic (exact) mass is 313 g/mol. The number of carbonyl (C=O) groups is 2. The molecule has 1 rings (SSSR count). The van der Waals surface area contributed by atoms with Crippen LogP contribution < -0.4 is 5.32 Å². The molecule has 0 aromatic rings. The second-order valence-corrected chi connectivity index (χ2v) is 5.12. The minimum absolute atomic E-state index is 0.0856. The van der Waals surface area contributed by atoms with Gasteiger partial charge in [0.25, 0.3) is 0 Å². The Balaban J connectivity index is 2.37. The Kier molecular flexibility index (Phi) is 5.40. The van der Waals surface area contributed by atoms with E-state index in [0.29, 0.717) is 0 Å². The summed E-state index contributed by atoms with van der Waals surface area (Å²) in [6.45, 7) is -0.0736. The highest BCUT2D eigenvalue weighted by Crippen LogP contribution is 2.17. The molecule has 7 nitrogen and oxygen atoms in total. The van der Waals surface area contributed by atoms with Crippen LogP contribution in [-0.4, -0.2) is 83.1 Å². The van der Waals surface area contributed by atoms with E-state index < -0.39 is 36.9 Å². The van der Waals surface area contributed by atoms with Crippen LogP contribution in [0, 0.1) is 0 Å². The molecule has 1 aliphatic heterocycles. The minimum atomic E-state index is -4.27. The number of carboxylic acid groups (broad SMARTS) is 1. The number of carbonyl (C=O) groups excluding carboxylic acids is 1. The van der Waals surface area contributed by atoms with Gasteiger partial charge in [0.15, 0.2) is 5.60 Å². The van der Waals surface area contributed by atoms with Crippen LogP contribution in [0.1, 0.15) is 6.92 Å². The summed E-state index contributed by atoms with van der Waals surface area (Å²) in [5.41, 5.74) is -2.09. The first-order chi connectivity index (χ1) is 9.51. The number of urea groups is 1. The molecule has 1 heterocycles. The van der Waals surface area contributed by atoms with E-state index in [2.05, 4.69) is 5.32 Å². The number of aliphatic hydroxyl groups is 1. The summed E-state index contributed by atoms with van der Waals surface area (Å²) in [5, 5.41) is 20.4. The average molecular weight is 313 g/mol. The number of aliphatic carboxylic acids is 1. The fourth-order valence-electron chi connectivity index (χ4n) is 1.80. The van der Waals surface area contributed by atoms with E-state index in [4.69, 9.17) is 5.11 Å². The maximum atomic E-state index is 12.2. The molecule has 0 bridgehead atoms. The van der Waals surface area contributed by atoms with E-state index in [0.717, 1.165) is 6.92 Å². The molecular formula is C11H18F3N3O4. The van der Waals surface area contributed by atoms with Gasteiger partial charge in [-0.2, -0.15) is 13.2 Å². The SMILES string of the molecule is CC(O)(CNC(=O)N1CCN(CC(F)(F)F)CC1)C(=O)O. The summed E-state index contributed by atoms with van der Waals surface area (Å²) in [6.07, 6.45) is -4.27. The maximum absolute atomic E-state index is 12.2. The third kappa shape index (κ3) is 5.76. The lowest BCUT2D eigenvalue weighted by Gasteiger charge is -2.35. The van der Waals surface area contributed by atoms with Crippen molar-refractivity contribution in [2.75, 3.05) is 39.3 Å². The summed E-state index contributed by atoms with van der Waals surface area (Å²) >= 11 is 0. The fraction of sp³-hybridized carbons (Fsp3) is 0.818. The number of hydrogen-bond acceptors (Lipinski definition) is 4. The Morgan fingerprint density at radius 1 is 1.19 bits per heavy atom. The van der Waals surface area contributed by atoms with E-state index in [1.54, 1.807) is 0 Å². The van der Waals surface area contributed by atoms with Crippen LogP contribution in [0.3, 0.4) is 0 Å². The molecule has 1 unspecified atom stereocenters. The predicted octanol–water partition coefficient (Wildman–Crippen LogP) is -0.288. The van der Waals surface area contributed by atoms with Gasteiger partial charge in [0.05, 0.1) is 13.1 Å². The number of alkyl halides is 3. The zero-order valence-electron chi connectivity index (χ0n) is 11.5. The number of amides is 2. The summed E-state index contributed by atoms with van der Waals surface area (Å²) in [7, 11) is 0. The molecular weight excluding hydrogens is 295 g/mol. The van der Waals surface area contributed by atoms with Crippen LogP contribution in [0.2, 0.25) is 0 Å². The Hall–Kier alpha value is -1.55. The lowest BCUT2D eigenvalue weighted by Crippen LogP contribution is -2.55. The summed E-state index contributed by atoms with van der Waals surface area (Å²) in [5.74, 6) is -1.47. The van der Waals surface area contributed by atoms with Crippen LogP contribution in [0.5, 0.6) is 0 Å². The molecule has 0 saturated carbocycles. The number of piperazine rings is 1. The van der Waals surface area contributed by atoms with Crippen molar-refractivity contribution < 1.29 is 33.0 Å². The Morgan fingerprint density at radius 2 is 1.71 bits per heavy atom. The second-order valence-electron chi connectivity index (χ2n) is 5.12. The minimum Gasteiger partial charge on any atom is -0.479 e. The first kappa shape index (κ1) is 17.5. The molecule has 0 aromatic carbocycles. The van der Waals surface area contributed by atoms with Gasteiger partial charge in [-0.1, -0.05) is 0 Å². The first-order valence-electron chi connectivity index (χ1n) is 6.29. The van der Waals surface area contributed by atoms with Crippen LogP contribution in [0.15, 0.2) is 0 Å². The van der Waals surface area contributed by atoms with Gasteiger partial charge in [-0.05, 0) is 6.92 Å². The van der Waals surface area contributed by atoms with Crippen molar-refractivity contribution in [2.45, 2.75) is 18.7 Å². The molecule has 2 amide bonds. The van der Waals surface area contributed by atoms with Crippen LogP contribution >= 0.6 is 0 Å². The van der Waals surface area contributed by atoms with Crippen molar-refractivity contribution in [3.8, 4) is 0 Å². The topological polar surface area (TPSA) is 93.1 Å². The summed E-state index contributed by atoms with van der Waals surface area (Å²) < 4.78 is 36.6. The number of nitrogens with zero attached hydrogens (tertiary/aromatic N) is 2. The zero-order chi connectivity index (χ0) is 16.3. The van der Waals surface area contributed by atoms with Crippen molar-refractivity contribution in [1.82, 2.24) is 15.1 Å². The van der Waals surface area contributed by atoms with E-state index >= 15 is 0 Å². The molecule has 10 heteroatoms. The highest BCUT2D eigenvalue weighted by atomic mass is 19.4. The third-order valence-electron chi connectivity index (χ3n) is 3.11. The van der Waals surface area contributed by atoms with Gasteiger partial charge >= 0.3 is 18.2 Å². The third-order valence-corrected chi connectivity index (χ3v) is 3.11. The van der Waals surface area contributed by atoms with Crippen molar-refractivity contribution in [3.63, 3.8) is 0 Å². The van der Waals surface area contributed by atoms with Gasteiger partial charge < -0.3 is 20.4 Å². The number of carboxylic acids is 1. The number of hydrogen-bond donors (Lipinski definition) is 3. The fourth-order valence-corrected chi connectivity index (χ4v) is 1.80. The van der Waals surface area contributed by atoms with E-state index in [1.165, 1.54) is 9.80 Å². The number of nitrogens with one attached hydrogen (secondary N) is 1. The van der Waals surface area contributed by atoms with Crippen LogP contribution in [-0.2, 0) is 4.79 Å². The van der Waals surface area contributed by atoms with Crippen LogP contribution in [0.25, 0.3) is 0 Å². The molecule has 122 valence electrons. The predicted molar refractivity (Wildman–Crippen MR) is 65.7 cm³/mol. The second kappa shape index (κ2) is 6.48. The first-order valence-corrected chi connectivity index (χ1v) is 6.29. The van der Waals surface area contributed by atoms with Gasteiger partial charge in [-0.3, -0.25) is 4.90 Å². The highest BCUT2D eigenvalue weighted by molar-refractivity contribution is 5.79. The van der Waals surface area contributed by atoms with Gasteiger partial charge in [-0.15, -0.1) is 0 Å². The largest absolute Gasteiger partial charge is 0.479 e. The normalized spacial score (nSPS) is 20.0. The van der Waals surface area contributed by atoms with E-state index in [9.17, 15) is 27.9 Å². The molecule has 21 heavy (non-hydrogen) atoms. The highest BCUT2D eigenvalue weighted by Gasteiger charge is 2.34. The maximum Gasteiger partial charge on any atom is 0.401 e. The molecule has 0 radical (unpaired) electrons. The van der Waals surface area contributed by atoms with Crippen molar-refractivity contribution in [1.29, 1.82) is 0 Å². The lowest BCUT2D eigenvalue weighted by atomic mass is 10.1. The number of rotatable bonds is 4. The zero-order valence-corrected chi connectivity index (χ0v) is 11.5. The van der Waals surface area contributed by atoms with Crippen molar-refractivity contribution in [3.05, 3.63) is 0 Å². The van der Waals surface area contributed by atoms with E-state index in [-0.39, 0.29) is 26.2 Å². The van der Waals surface area contributed by atoms with Crippen molar-refractivity contribution >= 4 is 12.0 Å². The molecule has 1 atom stereocenters. The van der Waals surface area contributed by atoms with E-state index in [1.807, 2.05) is 0 Å². The lowest BCUT2D eigenvalue weighted by molar-refractivity contribution is -0.155. The van der Waals surface area contributed by atoms with Gasteiger partial charge in [-0.25, -0.2) is 9.59 Å². The summed E-state index contributed by atoms with van der Waals surface area (Å²) in [4.78, 5) is 24.9. The Labute approximate surface area is 119 Å². The molecule has 0 aliphatic carbocycles. The molecule has 0 aromatic heterocycles. The van der Waals surface area contributed by atoms with Gasteiger partial charge in [0, 0.05) is 26.2 Å². The van der Waals surface area contributed by atoms with Crippen LogP contribution in [0.4, 0.5) is 18.0 Å². The van der Waals surface area contributed by atoms with Gasteiger partial charge in [0.2, 0.25) is 0 Å². The molecule has 1 aliphatic rings. The quantitative estimate of drug-likeness (QED) is 0.663. The number of halogens is 3. The Morgan fingerprint density at radius 3 is 2.14 bits per heavy atom. The Bertz CT molecular complexity index is 393. The van der Waals surface area contributed by atoms with Gasteiger partial charge in [0.1, 0.15) is 0 Å².